The monoisotopic (exact) mass is 188 g/mol. The van der Waals surface area contributed by atoms with Crippen LogP contribution in [0.25, 0.3) is 0 Å². The van der Waals surface area contributed by atoms with Crippen molar-refractivity contribution >= 4 is 0 Å². The molecular formula is C9H16O4. The van der Waals surface area contributed by atoms with Gasteiger partial charge in [0.05, 0.1) is 13.2 Å². The zero-order valence-electron chi connectivity index (χ0n) is 8.06. The third kappa shape index (κ3) is 1.59. The summed E-state index contributed by atoms with van der Waals surface area (Å²) in [6, 6.07) is 0. The molecule has 76 valence electrons. The van der Waals surface area contributed by atoms with Gasteiger partial charge in [-0.1, -0.05) is 0 Å². The molecular weight excluding hydrogens is 172 g/mol. The largest absolute Gasteiger partial charge is 0.376 e. The lowest BCUT2D eigenvalue weighted by molar-refractivity contribution is -0.0383. The summed E-state index contributed by atoms with van der Waals surface area (Å²) in [6.45, 7) is 3.94. The van der Waals surface area contributed by atoms with Crippen molar-refractivity contribution in [1.29, 1.82) is 0 Å². The van der Waals surface area contributed by atoms with Crippen LogP contribution in [-0.2, 0) is 18.9 Å². The summed E-state index contributed by atoms with van der Waals surface area (Å²) in [5.74, 6) is 0. The molecule has 0 radical (unpaired) electrons. The Hall–Kier alpha value is -0.160. The Morgan fingerprint density at radius 3 is 2.38 bits per heavy atom. The predicted octanol–water partition coefficient (Wildman–Crippen LogP) is 0.204. The molecule has 0 N–H and O–H groups in total. The summed E-state index contributed by atoms with van der Waals surface area (Å²) in [5.41, 5.74) is 0. The molecule has 2 aliphatic rings. The first-order chi connectivity index (χ1) is 6.36. The predicted molar refractivity (Wildman–Crippen MR) is 45.7 cm³/mol. The molecule has 4 heteroatoms. The Morgan fingerprint density at radius 1 is 1.15 bits per heavy atom. The molecule has 2 rings (SSSR count). The maximum absolute atomic E-state index is 5.57. The smallest absolute Gasteiger partial charge is 0.115 e. The minimum Gasteiger partial charge on any atom is -0.376 e. The highest BCUT2D eigenvalue weighted by molar-refractivity contribution is 4.95. The quantitative estimate of drug-likeness (QED) is 0.634. The molecule has 0 bridgehead atoms. The first-order valence-electron chi connectivity index (χ1n) is 4.74. The van der Waals surface area contributed by atoms with Crippen LogP contribution in [0.2, 0.25) is 0 Å². The molecule has 0 aromatic carbocycles. The topological polar surface area (TPSA) is 36.9 Å². The molecule has 13 heavy (non-hydrogen) atoms. The van der Waals surface area contributed by atoms with Gasteiger partial charge in [0.15, 0.2) is 0 Å². The van der Waals surface area contributed by atoms with Crippen LogP contribution >= 0.6 is 0 Å². The molecule has 0 aromatic heterocycles. The summed E-state index contributed by atoms with van der Waals surface area (Å²) in [4.78, 5) is 0. The van der Waals surface area contributed by atoms with Crippen molar-refractivity contribution in [3.63, 3.8) is 0 Å². The Bertz CT molecular complexity index is 173. The summed E-state index contributed by atoms with van der Waals surface area (Å²) < 4.78 is 21.9. The van der Waals surface area contributed by atoms with Crippen molar-refractivity contribution < 1.29 is 18.9 Å². The lowest BCUT2D eigenvalue weighted by Gasteiger charge is -2.15. The van der Waals surface area contributed by atoms with Crippen molar-refractivity contribution in [3.05, 3.63) is 0 Å². The third-order valence-electron chi connectivity index (χ3n) is 2.65. The molecule has 0 spiro atoms. The summed E-state index contributed by atoms with van der Waals surface area (Å²) in [5, 5.41) is 0. The van der Waals surface area contributed by atoms with Gasteiger partial charge in [-0.3, -0.25) is 0 Å². The standard InChI is InChI=1S/C9H16O4/c1-3-11-7-5-13-8-6(10-2)4-12-9(7)8/h6-9H,3-5H2,1-2H3/t6-,7-,8+,9+/m0/s1. The summed E-state index contributed by atoms with van der Waals surface area (Å²) in [7, 11) is 1.69. The van der Waals surface area contributed by atoms with E-state index < -0.39 is 0 Å². The van der Waals surface area contributed by atoms with Gasteiger partial charge in [-0.2, -0.15) is 0 Å². The Balaban J connectivity index is 1.95. The minimum absolute atomic E-state index is 0.0709. The van der Waals surface area contributed by atoms with E-state index in [9.17, 15) is 0 Å². The van der Waals surface area contributed by atoms with E-state index in [-0.39, 0.29) is 24.4 Å². The van der Waals surface area contributed by atoms with Crippen molar-refractivity contribution in [2.75, 3.05) is 26.9 Å². The average Bonchev–Trinajstić information content (AvgIpc) is 2.68. The lowest BCUT2D eigenvalue weighted by atomic mass is 10.1. The van der Waals surface area contributed by atoms with Crippen molar-refractivity contribution in [2.45, 2.75) is 31.3 Å². The Labute approximate surface area is 78.1 Å². The molecule has 0 saturated carbocycles. The maximum atomic E-state index is 5.57. The van der Waals surface area contributed by atoms with Gasteiger partial charge in [-0.05, 0) is 6.92 Å². The lowest BCUT2D eigenvalue weighted by Crippen LogP contribution is -2.33. The van der Waals surface area contributed by atoms with Crippen LogP contribution in [0.1, 0.15) is 6.92 Å². The van der Waals surface area contributed by atoms with E-state index >= 15 is 0 Å². The molecule has 4 nitrogen and oxygen atoms in total. The molecule has 0 unspecified atom stereocenters. The van der Waals surface area contributed by atoms with E-state index in [1.807, 2.05) is 6.92 Å². The highest BCUT2D eigenvalue weighted by Crippen LogP contribution is 2.29. The summed E-state index contributed by atoms with van der Waals surface area (Å²) in [6.07, 6.45) is 0.317. The van der Waals surface area contributed by atoms with Crippen LogP contribution in [0.4, 0.5) is 0 Å². The molecule has 0 amide bonds. The second-order valence-corrected chi connectivity index (χ2v) is 3.36. The van der Waals surface area contributed by atoms with E-state index in [2.05, 4.69) is 0 Å². The number of hydrogen-bond acceptors (Lipinski definition) is 4. The van der Waals surface area contributed by atoms with Gasteiger partial charge in [-0.15, -0.1) is 0 Å². The van der Waals surface area contributed by atoms with Crippen LogP contribution in [0, 0.1) is 0 Å². The second-order valence-electron chi connectivity index (χ2n) is 3.36. The number of methoxy groups -OCH3 is 1. The second kappa shape index (κ2) is 3.92. The summed E-state index contributed by atoms with van der Waals surface area (Å²) >= 11 is 0. The van der Waals surface area contributed by atoms with Gasteiger partial charge >= 0.3 is 0 Å². The molecule has 2 heterocycles. The fourth-order valence-electron chi connectivity index (χ4n) is 1.99. The molecule has 0 aromatic rings. The molecule has 2 fully saturated rings. The molecule has 0 aliphatic carbocycles. The van der Waals surface area contributed by atoms with Crippen LogP contribution in [-0.4, -0.2) is 51.3 Å². The first-order valence-corrected chi connectivity index (χ1v) is 4.74. The maximum Gasteiger partial charge on any atom is 0.115 e. The first kappa shape index (κ1) is 9.40. The Kier molecular flexibility index (Phi) is 2.83. The van der Waals surface area contributed by atoms with Gasteiger partial charge in [-0.25, -0.2) is 0 Å². The van der Waals surface area contributed by atoms with E-state index in [1.54, 1.807) is 7.11 Å². The van der Waals surface area contributed by atoms with Crippen molar-refractivity contribution in [1.82, 2.24) is 0 Å². The molecule has 4 atom stereocenters. The van der Waals surface area contributed by atoms with Gasteiger partial charge in [0.2, 0.25) is 0 Å². The van der Waals surface area contributed by atoms with Gasteiger partial charge in [0.1, 0.15) is 24.4 Å². The zero-order valence-corrected chi connectivity index (χ0v) is 8.06. The van der Waals surface area contributed by atoms with Crippen LogP contribution < -0.4 is 0 Å². The van der Waals surface area contributed by atoms with E-state index in [0.29, 0.717) is 19.8 Å². The highest BCUT2D eigenvalue weighted by Gasteiger charge is 2.48. The van der Waals surface area contributed by atoms with E-state index in [4.69, 9.17) is 18.9 Å². The van der Waals surface area contributed by atoms with Gasteiger partial charge < -0.3 is 18.9 Å². The van der Waals surface area contributed by atoms with E-state index in [0.717, 1.165) is 0 Å². The number of hydrogen-bond donors (Lipinski definition) is 0. The van der Waals surface area contributed by atoms with Gasteiger partial charge in [0, 0.05) is 13.7 Å². The fraction of sp³-hybridized carbons (Fsp3) is 1.00. The molecule has 2 saturated heterocycles. The normalized spacial score (nSPS) is 43.8. The van der Waals surface area contributed by atoms with Crippen LogP contribution in [0.3, 0.4) is 0 Å². The number of fused-ring (bicyclic) bond motifs is 1. The average molecular weight is 188 g/mol. The highest BCUT2D eigenvalue weighted by atomic mass is 16.6. The van der Waals surface area contributed by atoms with E-state index in [1.165, 1.54) is 0 Å². The number of rotatable bonds is 3. The third-order valence-corrected chi connectivity index (χ3v) is 2.65. The zero-order chi connectivity index (χ0) is 9.26. The van der Waals surface area contributed by atoms with Crippen molar-refractivity contribution in [3.8, 4) is 0 Å². The fourth-order valence-corrected chi connectivity index (χ4v) is 1.99. The van der Waals surface area contributed by atoms with Gasteiger partial charge in [0.25, 0.3) is 0 Å². The SMILES string of the molecule is CCO[C@H]1CO[C@H]2[C@@H]1OC[C@@H]2OC. The Morgan fingerprint density at radius 2 is 1.77 bits per heavy atom. The van der Waals surface area contributed by atoms with Crippen LogP contribution in [0.5, 0.6) is 0 Å². The number of ether oxygens (including phenoxy) is 4. The minimum atomic E-state index is 0.0709. The molecule has 2 aliphatic heterocycles. The van der Waals surface area contributed by atoms with Crippen LogP contribution in [0.15, 0.2) is 0 Å². The van der Waals surface area contributed by atoms with Crippen molar-refractivity contribution in [2.24, 2.45) is 0 Å².